The van der Waals surface area contributed by atoms with Gasteiger partial charge in [0.05, 0.1) is 17.1 Å². The molecular weight excluding hydrogens is 517 g/mol. The van der Waals surface area contributed by atoms with E-state index in [-0.39, 0.29) is 35.9 Å². The Hall–Kier alpha value is -1.88. The number of imidazole rings is 1. The Kier molecular flexibility index (Phi) is 10.7. The van der Waals surface area contributed by atoms with Gasteiger partial charge in [-0.15, -0.1) is 24.0 Å². The van der Waals surface area contributed by atoms with Crippen molar-refractivity contribution in [1.29, 1.82) is 0 Å². The van der Waals surface area contributed by atoms with Crippen LogP contribution in [0, 0.1) is 6.92 Å². The van der Waals surface area contributed by atoms with Crippen LogP contribution >= 0.6 is 24.0 Å². The summed E-state index contributed by atoms with van der Waals surface area (Å²) in [7, 11) is 5.48. The summed E-state index contributed by atoms with van der Waals surface area (Å²) in [4.78, 5) is 25.3. The van der Waals surface area contributed by atoms with Crippen molar-refractivity contribution < 1.29 is 4.79 Å². The summed E-state index contributed by atoms with van der Waals surface area (Å²) < 4.78 is 2.27. The number of carbonyl (C=O) groups excluding carboxylic acids is 1. The highest BCUT2D eigenvalue weighted by molar-refractivity contribution is 14.0. The molecule has 0 spiro atoms. The third-order valence-corrected chi connectivity index (χ3v) is 5.92. The summed E-state index contributed by atoms with van der Waals surface area (Å²) in [5.74, 6) is 2.11. The normalized spacial score (nSPS) is 16.8. The first-order valence-corrected chi connectivity index (χ1v) is 11.3. The summed E-state index contributed by atoms with van der Waals surface area (Å²) in [5, 5.41) is 6.79. The first-order valence-electron chi connectivity index (χ1n) is 11.3. The molecule has 1 saturated heterocycles. The van der Waals surface area contributed by atoms with Gasteiger partial charge in [0.15, 0.2) is 5.96 Å². The van der Waals surface area contributed by atoms with Crippen molar-refractivity contribution in [2.24, 2.45) is 4.99 Å². The molecule has 2 N–H and O–H groups in total. The fraction of sp³-hybridized carbons (Fsp3) is 0.609. The Morgan fingerprint density at radius 3 is 2.56 bits per heavy atom. The number of aryl methyl sites for hydroxylation is 2. The van der Waals surface area contributed by atoms with Gasteiger partial charge in [-0.2, -0.15) is 0 Å². The first-order chi connectivity index (χ1) is 15.0. The highest BCUT2D eigenvalue weighted by Gasteiger charge is 2.30. The van der Waals surface area contributed by atoms with Gasteiger partial charge in [0.1, 0.15) is 5.82 Å². The molecule has 0 aliphatic carbocycles. The molecule has 0 bridgehead atoms. The number of nitrogens with one attached hydrogen (secondary N) is 2. The van der Waals surface area contributed by atoms with Gasteiger partial charge in [-0.3, -0.25) is 14.7 Å². The number of hydrogen-bond donors (Lipinski definition) is 2. The maximum Gasteiger partial charge on any atom is 0.239 e. The van der Waals surface area contributed by atoms with Gasteiger partial charge < -0.3 is 20.1 Å². The number of hydrogen-bond acceptors (Lipinski definition) is 4. The first kappa shape index (κ1) is 26.4. The minimum Gasteiger partial charge on any atom is -0.356 e. The number of amides is 1. The van der Waals surface area contributed by atoms with Crippen LogP contribution in [0.1, 0.15) is 31.5 Å². The van der Waals surface area contributed by atoms with Crippen molar-refractivity contribution in [1.82, 2.24) is 30.0 Å². The zero-order chi connectivity index (χ0) is 22.2. The third-order valence-electron chi connectivity index (χ3n) is 5.92. The lowest BCUT2D eigenvalue weighted by Gasteiger charge is -2.26. The monoisotopic (exact) mass is 555 g/mol. The molecule has 32 heavy (non-hydrogen) atoms. The summed E-state index contributed by atoms with van der Waals surface area (Å²) in [6.45, 7) is 6.61. The van der Waals surface area contributed by atoms with Crippen LogP contribution in [0.5, 0.6) is 0 Å². The fourth-order valence-electron chi connectivity index (χ4n) is 4.30. The molecule has 1 aliphatic rings. The van der Waals surface area contributed by atoms with Crippen molar-refractivity contribution in [3.05, 3.63) is 30.1 Å². The number of carbonyl (C=O) groups is 1. The average Bonchev–Trinajstić information content (AvgIpc) is 3.35. The van der Waals surface area contributed by atoms with E-state index in [0.29, 0.717) is 0 Å². The average molecular weight is 556 g/mol. The molecule has 0 saturated carbocycles. The molecule has 8 nitrogen and oxygen atoms in total. The largest absolute Gasteiger partial charge is 0.356 e. The molecular formula is C23H38IN7O. The van der Waals surface area contributed by atoms with Crippen molar-refractivity contribution in [3.63, 3.8) is 0 Å². The summed E-state index contributed by atoms with van der Waals surface area (Å²) in [6.07, 6.45) is 4.05. The summed E-state index contributed by atoms with van der Waals surface area (Å²) >= 11 is 0. The Balaban J connectivity index is 0.00000363. The number of guanidine groups is 1. The van der Waals surface area contributed by atoms with E-state index < -0.39 is 0 Å². The SMILES string of the molecule is CN=C(NCCCN1CCCC1C(=O)N(C)C)NCCCn1c(C)nc2ccccc21.I. The predicted molar refractivity (Wildman–Crippen MR) is 142 cm³/mol. The van der Waals surface area contributed by atoms with Crippen molar-refractivity contribution >= 4 is 46.9 Å². The van der Waals surface area contributed by atoms with Crippen LogP contribution in [-0.4, -0.2) is 84.6 Å². The number of benzene rings is 1. The van der Waals surface area contributed by atoms with Gasteiger partial charge in [-0.25, -0.2) is 4.98 Å². The van der Waals surface area contributed by atoms with Gasteiger partial charge in [0.25, 0.3) is 0 Å². The summed E-state index contributed by atoms with van der Waals surface area (Å²) in [6, 6.07) is 8.32. The molecule has 1 aliphatic heterocycles. The minimum absolute atomic E-state index is 0. The molecule has 3 rings (SSSR count). The minimum atomic E-state index is 0. The van der Waals surface area contributed by atoms with Crippen LogP contribution in [0.15, 0.2) is 29.3 Å². The van der Waals surface area contributed by atoms with Crippen LogP contribution in [0.25, 0.3) is 11.0 Å². The second-order valence-corrected chi connectivity index (χ2v) is 8.36. The molecule has 1 amide bonds. The quantitative estimate of drug-likeness (QED) is 0.215. The molecule has 1 unspecified atom stereocenters. The van der Waals surface area contributed by atoms with E-state index in [9.17, 15) is 4.79 Å². The van der Waals surface area contributed by atoms with E-state index in [1.54, 1.807) is 11.9 Å². The number of halogens is 1. The second-order valence-electron chi connectivity index (χ2n) is 8.36. The Bertz CT molecular complexity index is 896. The van der Waals surface area contributed by atoms with Gasteiger partial charge >= 0.3 is 0 Å². The lowest BCUT2D eigenvalue weighted by molar-refractivity contribution is -0.133. The van der Waals surface area contributed by atoms with Crippen molar-refractivity contribution in [3.8, 4) is 0 Å². The molecule has 1 aromatic heterocycles. The van der Waals surface area contributed by atoms with Crippen molar-refractivity contribution in [2.45, 2.75) is 45.2 Å². The van der Waals surface area contributed by atoms with E-state index >= 15 is 0 Å². The topological polar surface area (TPSA) is 77.8 Å². The number of rotatable bonds is 9. The molecule has 1 atom stereocenters. The lowest BCUT2D eigenvalue weighted by Crippen LogP contribution is -2.44. The van der Waals surface area contributed by atoms with E-state index in [4.69, 9.17) is 0 Å². The van der Waals surface area contributed by atoms with Crippen molar-refractivity contribution in [2.75, 3.05) is 47.3 Å². The highest BCUT2D eigenvalue weighted by atomic mass is 127. The molecule has 178 valence electrons. The molecule has 2 heterocycles. The maximum absolute atomic E-state index is 12.3. The van der Waals surface area contributed by atoms with Crippen LogP contribution in [0.2, 0.25) is 0 Å². The maximum atomic E-state index is 12.3. The molecule has 1 fully saturated rings. The highest BCUT2D eigenvalue weighted by Crippen LogP contribution is 2.18. The number of aliphatic imine (C=N–C) groups is 1. The fourth-order valence-corrected chi connectivity index (χ4v) is 4.30. The molecule has 9 heteroatoms. The van der Waals surface area contributed by atoms with Crippen LogP contribution < -0.4 is 10.6 Å². The molecule has 2 aromatic rings. The van der Waals surface area contributed by atoms with E-state index in [1.807, 2.05) is 20.2 Å². The second kappa shape index (κ2) is 13.0. The molecule has 0 radical (unpaired) electrons. The van der Waals surface area contributed by atoms with E-state index in [1.165, 1.54) is 5.52 Å². The van der Waals surface area contributed by atoms with E-state index in [2.05, 4.69) is 55.2 Å². The number of fused-ring (bicyclic) bond motifs is 1. The van der Waals surface area contributed by atoms with Crippen LogP contribution in [-0.2, 0) is 11.3 Å². The number of likely N-dealkylation sites (N-methyl/N-ethyl adjacent to an activating group) is 1. The van der Waals surface area contributed by atoms with Gasteiger partial charge in [0, 0.05) is 47.3 Å². The zero-order valence-electron chi connectivity index (χ0n) is 19.8. The number of aromatic nitrogens is 2. The van der Waals surface area contributed by atoms with Gasteiger partial charge in [-0.1, -0.05) is 12.1 Å². The van der Waals surface area contributed by atoms with Crippen LogP contribution in [0.3, 0.4) is 0 Å². The lowest BCUT2D eigenvalue weighted by atomic mass is 10.2. The van der Waals surface area contributed by atoms with Gasteiger partial charge in [-0.05, 0) is 51.3 Å². The third kappa shape index (κ3) is 6.81. The number of likely N-dealkylation sites (tertiary alicyclic amines) is 1. The molecule has 1 aromatic carbocycles. The zero-order valence-corrected chi connectivity index (χ0v) is 22.1. The Labute approximate surface area is 208 Å². The predicted octanol–water partition coefficient (Wildman–Crippen LogP) is 2.46. The Morgan fingerprint density at radius 2 is 1.88 bits per heavy atom. The smallest absolute Gasteiger partial charge is 0.239 e. The van der Waals surface area contributed by atoms with Crippen LogP contribution in [0.4, 0.5) is 0 Å². The standard InChI is InChI=1S/C23H37N7O.HI/c1-18-27-19-10-5-6-11-20(19)30(18)17-9-14-26-23(24-2)25-13-8-16-29-15-7-12-21(29)22(31)28(3)4;/h5-6,10-11,21H,7-9,12-17H2,1-4H3,(H2,24,25,26);1H. The van der Waals surface area contributed by atoms with Gasteiger partial charge in [0.2, 0.25) is 5.91 Å². The Morgan fingerprint density at radius 1 is 1.19 bits per heavy atom. The number of para-hydroxylation sites is 2. The number of nitrogens with zero attached hydrogens (tertiary/aromatic N) is 5. The van der Waals surface area contributed by atoms with E-state index in [0.717, 1.165) is 75.7 Å². The summed E-state index contributed by atoms with van der Waals surface area (Å²) in [5.41, 5.74) is 2.24.